The molecule has 3 amide bonds. The molecule has 5 aromatic rings. The zero-order chi connectivity index (χ0) is 61.1. The number of nitriles is 1. The van der Waals surface area contributed by atoms with Crippen molar-refractivity contribution in [1.82, 2.24) is 34.7 Å². The number of nitrogens with zero attached hydrogens (tertiary/aromatic N) is 11. The van der Waals surface area contributed by atoms with E-state index >= 15 is 4.39 Å². The Kier molecular flexibility index (Phi) is 23.9. The van der Waals surface area contributed by atoms with E-state index in [-0.39, 0.29) is 42.2 Å². The first-order valence-corrected chi connectivity index (χ1v) is 31.0. The summed E-state index contributed by atoms with van der Waals surface area (Å²) in [5, 5.41) is 19.8. The molecule has 4 aliphatic rings. The molecule has 1 aromatic heterocycles. The Labute approximate surface area is 517 Å². The number of halogens is 3. The first-order valence-electron chi connectivity index (χ1n) is 29.8. The Morgan fingerprint density at radius 3 is 2.33 bits per heavy atom. The van der Waals surface area contributed by atoms with Crippen LogP contribution < -0.4 is 20.3 Å². The zero-order valence-electron chi connectivity index (χ0n) is 49.9. The summed E-state index contributed by atoms with van der Waals surface area (Å²) in [5.74, 6) is -0.604. The standard InChI is InChI=1S/C63H79ClF2N12O8S/c1-72(32-33-81-34-35-82-36-37-83-38-39-84-40-41-86-74(3)62(80)78-63(24-11-25-67,47-14-5-4-6-15-47)87-60(71-78)52-42-48(65)20-21-54(52)66)27-10-19-57(79)77-31-30-76(43-49(77)22-26-68)59-51-23-29-75(56-18-8-13-46-12-7-17-53(64)58(46)56)44-55(51)69-61(70-59)85-45-50-16-9-28-73(50)2/h4-8,10,12-15,17-21,42,49-50H,9,11,16,22-25,27-41,43-45,67H2,1-3H3/b19-10+/t49-,50-,63?/m0/s1. The molecular formula is C63H79ClF2N12O8S. The maximum absolute atomic E-state index is 15.0. The molecule has 20 nitrogen and oxygen atoms in total. The number of ether oxygens (including phenoxy) is 5. The van der Waals surface area contributed by atoms with Gasteiger partial charge in [-0.3, -0.25) is 9.63 Å². The minimum Gasteiger partial charge on any atom is -0.462 e. The number of hydroxylamine groups is 2. The fraction of sp³-hybridized carbons (Fsp3) is 0.492. The van der Waals surface area contributed by atoms with Gasteiger partial charge in [-0.15, -0.1) is 0 Å². The van der Waals surface area contributed by atoms with Gasteiger partial charge in [0.25, 0.3) is 0 Å². The fourth-order valence-electron chi connectivity index (χ4n) is 11.2. The van der Waals surface area contributed by atoms with Crippen molar-refractivity contribution in [2.24, 2.45) is 10.8 Å². The Hall–Kier alpha value is -6.56. The monoisotopic (exact) mass is 1240 g/mol. The molecule has 5 heterocycles. The van der Waals surface area contributed by atoms with Crippen LogP contribution in [0.4, 0.5) is 25.1 Å². The summed E-state index contributed by atoms with van der Waals surface area (Å²) in [6.45, 7) is 8.67. The van der Waals surface area contributed by atoms with Crippen molar-refractivity contribution in [2.75, 3.05) is 149 Å². The van der Waals surface area contributed by atoms with Crippen molar-refractivity contribution in [1.29, 1.82) is 5.26 Å². The highest BCUT2D eigenvalue weighted by atomic mass is 35.5. The van der Waals surface area contributed by atoms with Gasteiger partial charge < -0.3 is 53.9 Å². The third-order valence-corrected chi connectivity index (χ3v) is 17.7. The topological polar surface area (TPSA) is 200 Å². The number of piperazine rings is 1. The molecule has 0 spiro atoms. The third kappa shape index (κ3) is 16.8. The van der Waals surface area contributed by atoms with Gasteiger partial charge in [-0.1, -0.05) is 84.0 Å². The van der Waals surface area contributed by atoms with Gasteiger partial charge in [0.05, 0.1) is 95.3 Å². The molecule has 0 aliphatic carbocycles. The molecule has 4 aromatic carbocycles. The molecule has 2 saturated heterocycles. The van der Waals surface area contributed by atoms with E-state index in [4.69, 9.17) is 55.8 Å². The van der Waals surface area contributed by atoms with E-state index in [2.05, 4.69) is 62.1 Å². The summed E-state index contributed by atoms with van der Waals surface area (Å²) in [7, 11) is 5.55. The number of anilines is 2. The summed E-state index contributed by atoms with van der Waals surface area (Å²) in [6, 6.07) is 26.7. The number of amides is 3. The highest BCUT2D eigenvalue weighted by Gasteiger charge is 2.50. The van der Waals surface area contributed by atoms with Crippen molar-refractivity contribution in [3.8, 4) is 12.1 Å². The van der Waals surface area contributed by atoms with E-state index in [1.54, 1.807) is 6.08 Å². The van der Waals surface area contributed by atoms with Crippen molar-refractivity contribution >= 4 is 62.6 Å². The molecular weight excluding hydrogens is 1160 g/mol. The number of carbonyl (C=O) groups excluding carboxylic acids is 2. The molecule has 0 bridgehead atoms. The van der Waals surface area contributed by atoms with Gasteiger partial charge in [-0.2, -0.15) is 25.3 Å². The van der Waals surface area contributed by atoms with Crippen LogP contribution in [-0.2, 0) is 46.4 Å². The summed E-state index contributed by atoms with van der Waals surface area (Å²) in [6.07, 6.45) is 7.46. The normalized spacial score (nSPS) is 18.9. The molecule has 4 aliphatic heterocycles. The van der Waals surface area contributed by atoms with Gasteiger partial charge in [0.15, 0.2) is 0 Å². The fourth-order valence-corrected chi connectivity index (χ4v) is 12.9. The number of likely N-dealkylation sites (N-methyl/N-ethyl adjacent to an activating group) is 2. The van der Waals surface area contributed by atoms with Crippen LogP contribution in [0.5, 0.6) is 6.01 Å². The number of likely N-dealkylation sites (tertiary alicyclic amines) is 1. The van der Waals surface area contributed by atoms with E-state index in [0.717, 1.165) is 88.3 Å². The van der Waals surface area contributed by atoms with Crippen molar-refractivity contribution in [3.05, 3.63) is 136 Å². The second kappa shape index (κ2) is 32.1. The highest BCUT2D eigenvalue weighted by molar-refractivity contribution is 8.15. The van der Waals surface area contributed by atoms with Gasteiger partial charge >= 0.3 is 12.0 Å². The van der Waals surface area contributed by atoms with Crippen LogP contribution in [0.15, 0.2) is 102 Å². The number of benzene rings is 4. The number of nitrogens with two attached hydrogens (primary N) is 1. The largest absolute Gasteiger partial charge is 0.462 e. The predicted molar refractivity (Wildman–Crippen MR) is 333 cm³/mol. The van der Waals surface area contributed by atoms with E-state index < -0.39 is 22.5 Å². The Morgan fingerprint density at radius 2 is 1.61 bits per heavy atom. The minimum absolute atomic E-state index is 0.0480. The number of hydrogen-bond donors (Lipinski definition) is 1. The number of thioether (sulfide) groups is 1. The van der Waals surface area contributed by atoms with Crippen molar-refractivity contribution in [3.63, 3.8) is 0 Å². The summed E-state index contributed by atoms with van der Waals surface area (Å²) in [5.41, 5.74) is 9.65. The lowest BCUT2D eigenvalue weighted by Crippen LogP contribution is -2.55. The number of rotatable bonds is 30. The molecule has 87 heavy (non-hydrogen) atoms. The number of urea groups is 1. The van der Waals surface area contributed by atoms with Gasteiger partial charge in [0.1, 0.15) is 34.0 Å². The van der Waals surface area contributed by atoms with E-state index in [1.165, 1.54) is 23.8 Å². The molecule has 2 fully saturated rings. The molecule has 466 valence electrons. The molecule has 0 radical (unpaired) electrons. The molecule has 24 heteroatoms. The third-order valence-electron chi connectivity index (χ3n) is 15.9. The number of hydrogen-bond acceptors (Lipinski definition) is 18. The quantitative estimate of drug-likeness (QED) is 0.0263. The number of carbonyl (C=O) groups is 2. The Morgan fingerprint density at radius 1 is 0.874 bits per heavy atom. The second-order valence-electron chi connectivity index (χ2n) is 21.8. The maximum atomic E-state index is 15.0. The minimum atomic E-state index is -1.10. The van der Waals surface area contributed by atoms with Gasteiger partial charge in [0.2, 0.25) is 5.91 Å². The van der Waals surface area contributed by atoms with Crippen LogP contribution in [0.3, 0.4) is 0 Å². The average molecular weight is 1240 g/mol. The molecule has 3 atom stereocenters. The van der Waals surface area contributed by atoms with Crippen LogP contribution in [-0.4, -0.2) is 203 Å². The Bertz CT molecular complexity index is 3200. The lowest BCUT2D eigenvalue weighted by Gasteiger charge is -2.42. The average Bonchev–Trinajstić information content (AvgIpc) is 1.83. The van der Waals surface area contributed by atoms with Crippen LogP contribution >= 0.6 is 23.4 Å². The van der Waals surface area contributed by atoms with E-state index in [0.29, 0.717) is 135 Å². The first-order chi connectivity index (χ1) is 42.4. The molecule has 2 N–H and O–H groups in total. The van der Waals surface area contributed by atoms with Crippen LogP contribution in [0, 0.1) is 23.0 Å². The SMILES string of the molecule is CN(C/C=C/C(=O)N1CCN(c2nc(OC[C@@H]3CCCN3C)nc3c2CCN(c2cccc4cccc(Cl)c24)C3)C[C@@H]1CC#N)CCOCCOCCOCCOCCON(C)C(=O)N1N=C(c2cc(F)ccc2F)SC1(CCCN)c1ccccc1. The van der Waals surface area contributed by atoms with Crippen molar-refractivity contribution in [2.45, 2.75) is 62.0 Å². The van der Waals surface area contributed by atoms with Gasteiger partial charge in [-0.05, 0) is 101 Å². The highest BCUT2D eigenvalue weighted by Crippen LogP contribution is 2.51. The molecule has 0 saturated carbocycles. The second-order valence-corrected chi connectivity index (χ2v) is 23.5. The maximum Gasteiger partial charge on any atom is 0.365 e. The van der Waals surface area contributed by atoms with Crippen LogP contribution in [0.1, 0.15) is 54.5 Å². The molecule has 1 unspecified atom stereocenters. The smallest absolute Gasteiger partial charge is 0.365 e. The predicted octanol–water partition coefficient (Wildman–Crippen LogP) is 8.07. The van der Waals surface area contributed by atoms with E-state index in [1.807, 2.05) is 60.5 Å². The first kappa shape index (κ1) is 64.9. The lowest BCUT2D eigenvalue weighted by molar-refractivity contribution is -0.128. The van der Waals surface area contributed by atoms with Gasteiger partial charge in [-0.25, -0.2) is 18.6 Å². The van der Waals surface area contributed by atoms with Crippen molar-refractivity contribution < 1.29 is 46.9 Å². The molecule has 9 rings (SSSR count). The summed E-state index contributed by atoms with van der Waals surface area (Å²) in [4.78, 5) is 53.2. The number of hydrazone groups is 1. The summed E-state index contributed by atoms with van der Waals surface area (Å²) < 4.78 is 58.5. The number of aromatic nitrogens is 2. The van der Waals surface area contributed by atoms with Crippen LogP contribution in [0.25, 0.3) is 10.8 Å². The Balaban J connectivity index is 0.650. The van der Waals surface area contributed by atoms with Gasteiger partial charge in [0, 0.05) is 80.6 Å². The summed E-state index contributed by atoms with van der Waals surface area (Å²) >= 11 is 7.97. The van der Waals surface area contributed by atoms with Crippen LogP contribution in [0.2, 0.25) is 5.02 Å². The number of fused-ring (bicyclic) bond motifs is 2. The lowest BCUT2D eigenvalue weighted by atomic mass is 10.0. The zero-order valence-corrected chi connectivity index (χ0v) is 51.4. The van der Waals surface area contributed by atoms with E-state index in [9.17, 15) is 19.2 Å².